The van der Waals surface area contributed by atoms with Gasteiger partial charge in [-0.15, -0.1) is 11.3 Å². The smallest absolute Gasteiger partial charge is 0.0795 e. The predicted octanol–water partition coefficient (Wildman–Crippen LogP) is 1.72. The van der Waals surface area contributed by atoms with Gasteiger partial charge in [-0.2, -0.15) is 0 Å². The Morgan fingerprint density at radius 1 is 1.60 bits per heavy atom. The number of thiazole rings is 1. The second-order valence-electron chi connectivity index (χ2n) is 4.16. The Morgan fingerprint density at radius 3 is 3.27 bits per heavy atom. The molecule has 1 saturated heterocycles. The predicted molar refractivity (Wildman–Crippen MR) is 64.1 cm³/mol. The fraction of sp³-hybridized carbons (Fsp3) is 0.727. The third-order valence-electron chi connectivity index (χ3n) is 3.04. The van der Waals surface area contributed by atoms with Gasteiger partial charge >= 0.3 is 0 Å². The maximum atomic E-state index is 4.36. The van der Waals surface area contributed by atoms with Crippen LogP contribution in [-0.2, 0) is 6.54 Å². The SMILES string of the molecule is CNCC1CCCCN1Cc1cscn1. The first kappa shape index (κ1) is 11.0. The van der Waals surface area contributed by atoms with Gasteiger partial charge in [0.05, 0.1) is 11.2 Å². The highest BCUT2D eigenvalue weighted by atomic mass is 32.1. The van der Waals surface area contributed by atoms with Crippen molar-refractivity contribution in [2.45, 2.75) is 31.8 Å². The number of likely N-dealkylation sites (tertiary alicyclic amines) is 1. The molecule has 0 spiro atoms. The molecule has 1 atom stereocenters. The van der Waals surface area contributed by atoms with Crippen LogP contribution >= 0.6 is 11.3 Å². The molecule has 0 bridgehead atoms. The molecule has 0 aromatic carbocycles. The molecule has 0 aliphatic carbocycles. The summed E-state index contributed by atoms with van der Waals surface area (Å²) >= 11 is 1.69. The molecule has 3 nitrogen and oxygen atoms in total. The molecular formula is C11H19N3S. The van der Waals surface area contributed by atoms with Crippen molar-refractivity contribution in [1.29, 1.82) is 0 Å². The van der Waals surface area contributed by atoms with Gasteiger partial charge in [-0.25, -0.2) is 4.98 Å². The van der Waals surface area contributed by atoms with Crippen molar-refractivity contribution < 1.29 is 0 Å². The van der Waals surface area contributed by atoms with E-state index in [0.29, 0.717) is 6.04 Å². The molecule has 1 aliphatic heterocycles. The zero-order valence-electron chi connectivity index (χ0n) is 9.28. The van der Waals surface area contributed by atoms with Gasteiger partial charge in [0.1, 0.15) is 0 Å². The van der Waals surface area contributed by atoms with Gasteiger partial charge in [0, 0.05) is 24.5 Å². The maximum Gasteiger partial charge on any atom is 0.0795 e. The molecule has 4 heteroatoms. The molecular weight excluding hydrogens is 206 g/mol. The lowest BCUT2D eigenvalue weighted by molar-refractivity contribution is 0.138. The highest BCUT2D eigenvalue weighted by molar-refractivity contribution is 7.07. The van der Waals surface area contributed by atoms with E-state index >= 15 is 0 Å². The normalized spacial score (nSPS) is 23.1. The van der Waals surface area contributed by atoms with E-state index in [9.17, 15) is 0 Å². The molecule has 2 rings (SSSR count). The Morgan fingerprint density at radius 2 is 2.53 bits per heavy atom. The van der Waals surface area contributed by atoms with Gasteiger partial charge in [0.25, 0.3) is 0 Å². The quantitative estimate of drug-likeness (QED) is 0.845. The van der Waals surface area contributed by atoms with Gasteiger partial charge in [-0.3, -0.25) is 4.90 Å². The van der Waals surface area contributed by atoms with E-state index < -0.39 is 0 Å². The van der Waals surface area contributed by atoms with Gasteiger partial charge in [-0.05, 0) is 26.4 Å². The lowest BCUT2D eigenvalue weighted by Gasteiger charge is -2.35. The highest BCUT2D eigenvalue weighted by Crippen LogP contribution is 2.19. The Labute approximate surface area is 95.5 Å². The summed E-state index contributed by atoms with van der Waals surface area (Å²) in [6, 6.07) is 0.699. The van der Waals surface area contributed by atoms with Crippen molar-refractivity contribution in [3.05, 3.63) is 16.6 Å². The fourth-order valence-corrected chi connectivity index (χ4v) is 2.81. The minimum absolute atomic E-state index is 0.699. The standard InChI is InChI=1S/C11H19N3S/c1-12-6-11-4-2-3-5-14(11)7-10-8-15-9-13-10/h8-9,11-12H,2-7H2,1H3. The van der Waals surface area contributed by atoms with Crippen molar-refractivity contribution in [2.24, 2.45) is 0 Å². The summed E-state index contributed by atoms with van der Waals surface area (Å²) in [5.74, 6) is 0. The summed E-state index contributed by atoms with van der Waals surface area (Å²) in [7, 11) is 2.04. The van der Waals surface area contributed by atoms with Gasteiger partial charge in [-0.1, -0.05) is 6.42 Å². The van der Waals surface area contributed by atoms with Crippen LogP contribution in [0.25, 0.3) is 0 Å². The van der Waals surface area contributed by atoms with Crippen LogP contribution in [0.4, 0.5) is 0 Å². The molecule has 1 aliphatic rings. The van der Waals surface area contributed by atoms with Crippen LogP contribution in [0.5, 0.6) is 0 Å². The number of nitrogens with zero attached hydrogens (tertiary/aromatic N) is 2. The summed E-state index contributed by atoms with van der Waals surface area (Å²) in [5, 5.41) is 5.45. The first-order valence-electron chi connectivity index (χ1n) is 5.66. The van der Waals surface area contributed by atoms with Crippen LogP contribution in [0.2, 0.25) is 0 Å². The Bertz CT molecular complexity index is 271. The Hall–Kier alpha value is -0.450. The monoisotopic (exact) mass is 225 g/mol. The summed E-state index contributed by atoms with van der Waals surface area (Å²) < 4.78 is 0. The van der Waals surface area contributed by atoms with E-state index in [0.717, 1.165) is 13.1 Å². The third kappa shape index (κ3) is 3.00. The second-order valence-corrected chi connectivity index (χ2v) is 4.88. The van der Waals surface area contributed by atoms with Crippen molar-refractivity contribution in [1.82, 2.24) is 15.2 Å². The van der Waals surface area contributed by atoms with E-state index in [1.807, 2.05) is 12.6 Å². The molecule has 1 aromatic heterocycles. The number of hydrogen-bond donors (Lipinski definition) is 1. The Balaban J connectivity index is 1.92. The summed E-state index contributed by atoms with van der Waals surface area (Å²) in [6.07, 6.45) is 4.04. The Kier molecular flexibility index (Phi) is 4.11. The fourth-order valence-electron chi connectivity index (χ4n) is 2.26. The minimum atomic E-state index is 0.699. The second kappa shape index (κ2) is 5.58. The molecule has 84 valence electrons. The first-order chi connectivity index (χ1) is 7.40. The van der Waals surface area contributed by atoms with Gasteiger partial charge in [0.2, 0.25) is 0 Å². The topological polar surface area (TPSA) is 28.2 Å². The van der Waals surface area contributed by atoms with Crippen molar-refractivity contribution in [2.75, 3.05) is 20.1 Å². The number of piperidine rings is 1. The van der Waals surface area contributed by atoms with Crippen LogP contribution < -0.4 is 5.32 Å². The molecule has 1 N–H and O–H groups in total. The lowest BCUT2D eigenvalue weighted by Crippen LogP contribution is -2.44. The molecule has 0 saturated carbocycles. The number of rotatable bonds is 4. The zero-order valence-corrected chi connectivity index (χ0v) is 10.1. The van der Waals surface area contributed by atoms with Crippen LogP contribution in [0, 0.1) is 0 Å². The van der Waals surface area contributed by atoms with E-state index in [1.54, 1.807) is 11.3 Å². The van der Waals surface area contributed by atoms with Crippen LogP contribution in [0.3, 0.4) is 0 Å². The average molecular weight is 225 g/mol. The number of aromatic nitrogens is 1. The molecule has 1 unspecified atom stereocenters. The first-order valence-corrected chi connectivity index (χ1v) is 6.60. The van der Waals surface area contributed by atoms with E-state index in [1.165, 1.54) is 31.5 Å². The molecule has 15 heavy (non-hydrogen) atoms. The summed E-state index contributed by atoms with van der Waals surface area (Å²) in [6.45, 7) is 3.35. The van der Waals surface area contributed by atoms with Gasteiger partial charge < -0.3 is 5.32 Å². The molecule has 0 amide bonds. The zero-order chi connectivity index (χ0) is 10.5. The molecule has 1 aromatic rings. The summed E-state index contributed by atoms with van der Waals surface area (Å²) in [5.41, 5.74) is 3.15. The van der Waals surface area contributed by atoms with Crippen LogP contribution in [-0.4, -0.2) is 36.1 Å². The van der Waals surface area contributed by atoms with Crippen LogP contribution in [0.1, 0.15) is 25.0 Å². The largest absolute Gasteiger partial charge is 0.318 e. The minimum Gasteiger partial charge on any atom is -0.318 e. The number of likely N-dealkylation sites (N-methyl/N-ethyl adjacent to an activating group) is 1. The average Bonchev–Trinajstić information content (AvgIpc) is 2.74. The summed E-state index contributed by atoms with van der Waals surface area (Å²) in [4.78, 5) is 6.93. The number of nitrogens with one attached hydrogen (secondary N) is 1. The van der Waals surface area contributed by atoms with E-state index in [2.05, 4.69) is 20.6 Å². The number of hydrogen-bond acceptors (Lipinski definition) is 4. The highest BCUT2D eigenvalue weighted by Gasteiger charge is 2.21. The van der Waals surface area contributed by atoms with Crippen LogP contribution in [0.15, 0.2) is 10.9 Å². The third-order valence-corrected chi connectivity index (χ3v) is 3.67. The molecule has 2 heterocycles. The van der Waals surface area contributed by atoms with Crippen molar-refractivity contribution in [3.8, 4) is 0 Å². The van der Waals surface area contributed by atoms with Crippen molar-refractivity contribution in [3.63, 3.8) is 0 Å². The molecule has 1 fully saturated rings. The van der Waals surface area contributed by atoms with Crippen molar-refractivity contribution >= 4 is 11.3 Å². The molecule has 0 radical (unpaired) electrons. The lowest BCUT2D eigenvalue weighted by atomic mass is 10.0. The van der Waals surface area contributed by atoms with Gasteiger partial charge in [0.15, 0.2) is 0 Å². The van der Waals surface area contributed by atoms with E-state index in [4.69, 9.17) is 0 Å². The van der Waals surface area contributed by atoms with E-state index in [-0.39, 0.29) is 0 Å². The maximum absolute atomic E-state index is 4.36.